The molecule has 0 amide bonds. The Morgan fingerprint density at radius 1 is 1.40 bits per heavy atom. The van der Waals surface area contributed by atoms with E-state index in [1.165, 1.54) is 32.1 Å². The number of rotatable bonds is 4. The van der Waals surface area contributed by atoms with E-state index in [1.54, 1.807) is 16.0 Å². The Labute approximate surface area is 96.9 Å². The van der Waals surface area contributed by atoms with E-state index < -0.39 is 0 Å². The zero-order chi connectivity index (χ0) is 10.7. The standard InChI is InChI=1S/C13H21NS/c1-3-10(2)14-8-11-9-15-13-7-5-4-6-12(11)13/h9-10,14H,3-8H2,1-2H3/t10-/m1/s1. The molecule has 0 unspecified atom stereocenters. The van der Waals surface area contributed by atoms with Gasteiger partial charge in [-0.25, -0.2) is 0 Å². The molecule has 0 bridgehead atoms. The molecule has 0 aromatic carbocycles. The summed E-state index contributed by atoms with van der Waals surface area (Å²) in [6.45, 7) is 5.57. The molecule has 15 heavy (non-hydrogen) atoms. The molecule has 1 aromatic rings. The Balaban J connectivity index is 1.99. The maximum absolute atomic E-state index is 3.59. The molecule has 1 N–H and O–H groups in total. The van der Waals surface area contributed by atoms with Gasteiger partial charge in [0.25, 0.3) is 0 Å². The molecule has 1 aromatic heterocycles. The SMILES string of the molecule is CC[C@@H](C)NCc1csc2c1CCCC2. The van der Waals surface area contributed by atoms with E-state index in [0.717, 1.165) is 6.54 Å². The smallest absolute Gasteiger partial charge is 0.0219 e. The monoisotopic (exact) mass is 223 g/mol. The minimum atomic E-state index is 0.643. The van der Waals surface area contributed by atoms with Crippen LogP contribution in [0.25, 0.3) is 0 Å². The van der Waals surface area contributed by atoms with Gasteiger partial charge in [0.05, 0.1) is 0 Å². The molecule has 2 rings (SSSR count). The molecule has 0 spiro atoms. The van der Waals surface area contributed by atoms with Crippen LogP contribution in [0, 0.1) is 0 Å². The number of aryl methyl sites for hydroxylation is 1. The van der Waals surface area contributed by atoms with E-state index in [4.69, 9.17) is 0 Å². The van der Waals surface area contributed by atoms with Gasteiger partial charge in [-0.05, 0) is 55.5 Å². The number of nitrogens with one attached hydrogen (secondary N) is 1. The van der Waals surface area contributed by atoms with Gasteiger partial charge in [0.1, 0.15) is 0 Å². The Kier molecular flexibility index (Phi) is 3.81. The number of fused-ring (bicyclic) bond motifs is 1. The zero-order valence-electron chi connectivity index (χ0n) is 9.81. The molecule has 1 nitrogen and oxygen atoms in total. The minimum absolute atomic E-state index is 0.643. The number of thiophene rings is 1. The third kappa shape index (κ3) is 2.61. The lowest BCUT2D eigenvalue weighted by Gasteiger charge is -2.15. The number of hydrogen-bond donors (Lipinski definition) is 1. The summed E-state index contributed by atoms with van der Waals surface area (Å²) in [5.74, 6) is 0. The van der Waals surface area contributed by atoms with Gasteiger partial charge in [-0.2, -0.15) is 0 Å². The Hall–Kier alpha value is -0.340. The average Bonchev–Trinajstić information content (AvgIpc) is 2.69. The fourth-order valence-electron chi connectivity index (χ4n) is 2.14. The molecule has 1 aliphatic carbocycles. The maximum atomic E-state index is 3.59. The third-order valence-electron chi connectivity index (χ3n) is 3.40. The van der Waals surface area contributed by atoms with Crippen LogP contribution in [0.4, 0.5) is 0 Å². The van der Waals surface area contributed by atoms with Gasteiger partial charge in [0.15, 0.2) is 0 Å². The van der Waals surface area contributed by atoms with Crippen LogP contribution in [0.1, 0.15) is 49.1 Å². The molecule has 1 aliphatic rings. The lowest BCUT2D eigenvalue weighted by molar-refractivity contribution is 0.531. The van der Waals surface area contributed by atoms with Gasteiger partial charge in [-0.15, -0.1) is 11.3 Å². The van der Waals surface area contributed by atoms with Gasteiger partial charge in [-0.3, -0.25) is 0 Å². The Morgan fingerprint density at radius 3 is 3.00 bits per heavy atom. The Morgan fingerprint density at radius 2 is 2.20 bits per heavy atom. The highest BCUT2D eigenvalue weighted by Crippen LogP contribution is 2.30. The second kappa shape index (κ2) is 5.13. The van der Waals surface area contributed by atoms with E-state index in [0.29, 0.717) is 6.04 Å². The van der Waals surface area contributed by atoms with Gasteiger partial charge >= 0.3 is 0 Å². The van der Waals surface area contributed by atoms with Crippen molar-refractivity contribution in [2.45, 2.75) is 58.5 Å². The summed E-state index contributed by atoms with van der Waals surface area (Å²) in [5.41, 5.74) is 3.23. The van der Waals surface area contributed by atoms with Crippen molar-refractivity contribution in [2.24, 2.45) is 0 Å². The van der Waals surface area contributed by atoms with E-state index in [1.807, 2.05) is 11.3 Å². The summed E-state index contributed by atoms with van der Waals surface area (Å²) in [6, 6.07) is 0.643. The summed E-state index contributed by atoms with van der Waals surface area (Å²) in [5, 5.41) is 5.96. The minimum Gasteiger partial charge on any atom is -0.310 e. The summed E-state index contributed by atoms with van der Waals surface area (Å²) in [7, 11) is 0. The fourth-order valence-corrected chi connectivity index (χ4v) is 3.29. The van der Waals surface area contributed by atoms with Gasteiger partial charge in [0, 0.05) is 17.5 Å². The molecular weight excluding hydrogens is 202 g/mol. The summed E-state index contributed by atoms with van der Waals surface area (Å²) >= 11 is 1.97. The first-order valence-corrected chi connectivity index (χ1v) is 7.00. The number of hydrogen-bond acceptors (Lipinski definition) is 2. The predicted molar refractivity (Wildman–Crippen MR) is 67.6 cm³/mol. The molecular formula is C13H21NS. The zero-order valence-corrected chi connectivity index (χ0v) is 10.6. The highest BCUT2D eigenvalue weighted by molar-refractivity contribution is 7.10. The molecule has 0 saturated heterocycles. The van der Waals surface area contributed by atoms with Crippen molar-refractivity contribution >= 4 is 11.3 Å². The first kappa shape index (κ1) is 11.2. The van der Waals surface area contributed by atoms with Crippen molar-refractivity contribution in [3.05, 3.63) is 21.4 Å². The summed E-state index contributed by atoms with van der Waals surface area (Å²) < 4.78 is 0. The second-order valence-corrected chi connectivity index (χ2v) is 5.52. The van der Waals surface area contributed by atoms with Crippen LogP contribution in [0.15, 0.2) is 5.38 Å². The molecule has 1 heterocycles. The highest BCUT2D eigenvalue weighted by Gasteiger charge is 2.15. The van der Waals surface area contributed by atoms with Crippen LogP contribution >= 0.6 is 11.3 Å². The van der Waals surface area contributed by atoms with Crippen LogP contribution in [0.3, 0.4) is 0 Å². The second-order valence-electron chi connectivity index (χ2n) is 4.56. The molecule has 2 heteroatoms. The van der Waals surface area contributed by atoms with Gasteiger partial charge < -0.3 is 5.32 Å². The largest absolute Gasteiger partial charge is 0.310 e. The third-order valence-corrected chi connectivity index (χ3v) is 4.54. The Bertz CT molecular complexity index is 316. The first-order chi connectivity index (χ1) is 7.31. The normalized spacial score (nSPS) is 17.5. The van der Waals surface area contributed by atoms with Crippen molar-refractivity contribution in [1.82, 2.24) is 5.32 Å². The quantitative estimate of drug-likeness (QED) is 0.823. The van der Waals surface area contributed by atoms with Crippen LogP contribution in [-0.2, 0) is 19.4 Å². The molecule has 0 fully saturated rings. The van der Waals surface area contributed by atoms with Gasteiger partial charge in [-0.1, -0.05) is 6.92 Å². The summed E-state index contributed by atoms with van der Waals surface area (Å²) in [4.78, 5) is 1.65. The lowest BCUT2D eigenvalue weighted by atomic mass is 9.96. The van der Waals surface area contributed by atoms with E-state index in [9.17, 15) is 0 Å². The molecule has 0 saturated carbocycles. The van der Waals surface area contributed by atoms with Crippen LogP contribution < -0.4 is 5.32 Å². The summed E-state index contributed by atoms with van der Waals surface area (Å²) in [6.07, 6.45) is 6.64. The fraction of sp³-hybridized carbons (Fsp3) is 0.692. The predicted octanol–water partition coefficient (Wildman–Crippen LogP) is 3.52. The average molecular weight is 223 g/mol. The lowest BCUT2D eigenvalue weighted by Crippen LogP contribution is -2.24. The van der Waals surface area contributed by atoms with E-state index in [-0.39, 0.29) is 0 Å². The van der Waals surface area contributed by atoms with Crippen molar-refractivity contribution < 1.29 is 0 Å². The molecule has 1 atom stereocenters. The highest BCUT2D eigenvalue weighted by atomic mass is 32.1. The van der Waals surface area contributed by atoms with Crippen LogP contribution in [0.5, 0.6) is 0 Å². The topological polar surface area (TPSA) is 12.0 Å². The van der Waals surface area contributed by atoms with Crippen LogP contribution in [-0.4, -0.2) is 6.04 Å². The maximum Gasteiger partial charge on any atom is 0.0219 e. The van der Waals surface area contributed by atoms with E-state index >= 15 is 0 Å². The first-order valence-electron chi connectivity index (χ1n) is 6.12. The van der Waals surface area contributed by atoms with E-state index in [2.05, 4.69) is 24.5 Å². The van der Waals surface area contributed by atoms with Crippen molar-refractivity contribution in [3.8, 4) is 0 Å². The van der Waals surface area contributed by atoms with Crippen LogP contribution in [0.2, 0.25) is 0 Å². The molecule has 84 valence electrons. The molecule has 0 radical (unpaired) electrons. The van der Waals surface area contributed by atoms with Crippen molar-refractivity contribution in [3.63, 3.8) is 0 Å². The van der Waals surface area contributed by atoms with Crippen molar-refractivity contribution in [2.75, 3.05) is 0 Å². The molecule has 0 aliphatic heterocycles. The van der Waals surface area contributed by atoms with Gasteiger partial charge in [0.2, 0.25) is 0 Å². The van der Waals surface area contributed by atoms with Crippen molar-refractivity contribution in [1.29, 1.82) is 0 Å².